The van der Waals surface area contributed by atoms with Crippen molar-refractivity contribution in [3.8, 4) is 0 Å². The second kappa shape index (κ2) is 4.35. The summed E-state index contributed by atoms with van der Waals surface area (Å²) in [5.41, 5.74) is 4.28. The SMILES string of the molecule is Cc1cccc(N=C2C(=O)N(C)c3ccccc32)c1. The summed E-state index contributed by atoms with van der Waals surface area (Å²) in [7, 11) is 1.78. The third kappa shape index (κ3) is 1.93. The van der Waals surface area contributed by atoms with Gasteiger partial charge in [0.25, 0.3) is 5.91 Å². The molecule has 1 aliphatic heterocycles. The van der Waals surface area contributed by atoms with Crippen molar-refractivity contribution in [1.82, 2.24) is 0 Å². The molecule has 0 N–H and O–H groups in total. The van der Waals surface area contributed by atoms with Crippen LogP contribution in [0.15, 0.2) is 53.5 Å². The van der Waals surface area contributed by atoms with Crippen LogP contribution in [0.2, 0.25) is 0 Å². The molecule has 3 rings (SSSR count). The maximum Gasteiger partial charge on any atom is 0.277 e. The van der Waals surface area contributed by atoms with Gasteiger partial charge < -0.3 is 4.90 Å². The predicted octanol–water partition coefficient (Wildman–Crippen LogP) is 3.09. The first-order chi connectivity index (χ1) is 9.16. The van der Waals surface area contributed by atoms with Crippen molar-refractivity contribution in [3.05, 3.63) is 59.7 Å². The Hall–Kier alpha value is -2.42. The lowest BCUT2D eigenvalue weighted by Gasteiger charge is -2.07. The van der Waals surface area contributed by atoms with Crippen LogP contribution < -0.4 is 4.90 Å². The van der Waals surface area contributed by atoms with E-state index in [-0.39, 0.29) is 5.91 Å². The van der Waals surface area contributed by atoms with Gasteiger partial charge in [-0.2, -0.15) is 0 Å². The van der Waals surface area contributed by atoms with E-state index in [0.717, 1.165) is 22.5 Å². The average Bonchev–Trinajstić information content (AvgIpc) is 2.65. The highest BCUT2D eigenvalue weighted by Gasteiger charge is 2.30. The summed E-state index contributed by atoms with van der Waals surface area (Å²) in [5.74, 6) is -0.0530. The molecule has 0 radical (unpaired) electrons. The highest BCUT2D eigenvalue weighted by molar-refractivity contribution is 6.54. The number of aliphatic imine (C=N–C) groups is 1. The van der Waals surface area contributed by atoms with Gasteiger partial charge in [0, 0.05) is 12.6 Å². The van der Waals surface area contributed by atoms with E-state index < -0.39 is 0 Å². The maximum absolute atomic E-state index is 12.2. The quantitative estimate of drug-likeness (QED) is 0.765. The van der Waals surface area contributed by atoms with E-state index in [2.05, 4.69) is 4.99 Å². The van der Waals surface area contributed by atoms with Crippen molar-refractivity contribution in [2.24, 2.45) is 4.99 Å². The Morgan fingerprint density at radius 3 is 2.63 bits per heavy atom. The lowest BCUT2D eigenvalue weighted by molar-refractivity contribution is -0.111. The van der Waals surface area contributed by atoms with E-state index in [0.29, 0.717) is 5.71 Å². The maximum atomic E-state index is 12.2. The molecule has 0 unspecified atom stereocenters. The Labute approximate surface area is 112 Å². The molecule has 0 aliphatic carbocycles. The summed E-state index contributed by atoms with van der Waals surface area (Å²) in [6.45, 7) is 2.01. The Bertz CT molecular complexity index is 689. The van der Waals surface area contributed by atoms with E-state index in [1.54, 1.807) is 11.9 Å². The minimum absolute atomic E-state index is 0.0530. The van der Waals surface area contributed by atoms with Crippen LogP contribution in [-0.2, 0) is 4.79 Å². The minimum atomic E-state index is -0.0530. The molecule has 0 bridgehead atoms. The molecular formula is C16H14N2O. The summed E-state index contributed by atoms with van der Waals surface area (Å²) in [6, 6.07) is 15.6. The Balaban J connectivity index is 2.13. The first-order valence-corrected chi connectivity index (χ1v) is 6.19. The third-order valence-electron chi connectivity index (χ3n) is 3.27. The number of carbonyl (C=O) groups is 1. The van der Waals surface area contributed by atoms with Crippen LogP contribution in [-0.4, -0.2) is 18.7 Å². The fourth-order valence-electron chi connectivity index (χ4n) is 2.28. The molecule has 19 heavy (non-hydrogen) atoms. The summed E-state index contributed by atoms with van der Waals surface area (Å²) in [4.78, 5) is 18.4. The number of anilines is 1. The van der Waals surface area contributed by atoms with E-state index in [4.69, 9.17) is 0 Å². The van der Waals surface area contributed by atoms with Crippen LogP contribution >= 0.6 is 0 Å². The highest BCUT2D eigenvalue weighted by Crippen LogP contribution is 2.29. The van der Waals surface area contributed by atoms with Crippen LogP contribution in [0.3, 0.4) is 0 Å². The molecule has 0 saturated carbocycles. The number of para-hydroxylation sites is 1. The van der Waals surface area contributed by atoms with Crippen molar-refractivity contribution in [2.45, 2.75) is 6.92 Å². The topological polar surface area (TPSA) is 32.7 Å². The summed E-state index contributed by atoms with van der Waals surface area (Å²) in [5, 5.41) is 0. The van der Waals surface area contributed by atoms with Crippen molar-refractivity contribution in [3.63, 3.8) is 0 Å². The number of carbonyl (C=O) groups excluding carboxylic acids is 1. The van der Waals surface area contributed by atoms with Gasteiger partial charge in [-0.25, -0.2) is 4.99 Å². The van der Waals surface area contributed by atoms with Crippen molar-refractivity contribution in [1.29, 1.82) is 0 Å². The summed E-state index contributed by atoms with van der Waals surface area (Å²) in [6.07, 6.45) is 0. The Morgan fingerprint density at radius 2 is 1.84 bits per heavy atom. The number of nitrogens with zero attached hydrogens (tertiary/aromatic N) is 2. The fraction of sp³-hybridized carbons (Fsp3) is 0.125. The van der Waals surface area contributed by atoms with E-state index in [9.17, 15) is 4.79 Å². The Morgan fingerprint density at radius 1 is 1.05 bits per heavy atom. The van der Waals surface area contributed by atoms with Crippen LogP contribution in [0.4, 0.5) is 11.4 Å². The minimum Gasteiger partial charge on any atom is -0.309 e. The standard InChI is InChI=1S/C16H14N2O/c1-11-6-5-7-12(10-11)17-15-13-8-3-4-9-14(13)18(2)16(15)19/h3-10H,1-2H3. The van der Waals surface area contributed by atoms with Crippen molar-refractivity contribution >= 4 is 23.0 Å². The number of fused-ring (bicyclic) bond motifs is 1. The molecule has 3 heteroatoms. The second-order valence-electron chi connectivity index (χ2n) is 4.68. The molecule has 0 atom stereocenters. The van der Waals surface area contributed by atoms with Gasteiger partial charge in [-0.1, -0.05) is 30.3 Å². The second-order valence-corrected chi connectivity index (χ2v) is 4.68. The van der Waals surface area contributed by atoms with Gasteiger partial charge in [0.15, 0.2) is 0 Å². The smallest absolute Gasteiger partial charge is 0.277 e. The zero-order chi connectivity index (χ0) is 13.4. The number of rotatable bonds is 1. The zero-order valence-corrected chi connectivity index (χ0v) is 10.9. The molecule has 2 aromatic rings. The van der Waals surface area contributed by atoms with Gasteiger partial charge in [-0.05, 0) is 30.7 Å². The number of hydrogen-bond donors (Lipinski definition) is 0. The molecule has 1 aliphatic rings. The average molecular weight is 250 g/mol. The normalized spacial score (nSPS) is 16.0. The predicted molar refractivity (Wildman–Crippen MR) is 77.2 cm³/mol. The number of amides is 1. The van der Waals surface area contributed by atoms with E-state index >= 15 is 0 Å². The molecule has 1 amide bonds. The van der Waals surface area contributed by atoms with Gasteiger partial charge in [0.1, 0.15) is 5.71 Å². The van der Waals surface area contributed by atoms with Crippen molar-refractivity contribution in [2.75, 3.05) is 11.9 Å². The van der Waals surface area contributed by atoms with Gasteiger partial charge in [0.05, 0.1) is 11.4 Å². The fourth-order valence-corrected chi connectivity index (χ4v) is 2.28. The first-order valence-electron chi connectivity index (χ1n) is 6.19. The largest absolute Gasteiger partial charge is 0.309 e. The number of hydrogen-bond acceptors (Lipinski definition) is 2. The molecule has 0 fully saturated rings. The van der Waals surface area contributed by atoms with Gasteiger partial charge in [-0.15, -0.1) is 0 Å². The van der Waals surface area contributed by atoms with E-state index in [1.807, 2.05) is 55.5 Å². The summed E-state index contributed by atoms with van der Waals surface area (Å²) >= 11 is 0. The van der Waals surface area contributed by atoms with Crippen molar-refractivity contribution < 1.29 is 4.79 Å². The van der Waals surface area contributed by atoms with Gasteiger partial charge in [-0.3, -0.25) is 4.79 Å². The van der Waals surface area contributed by atoms with Crippen LogP contribution in [0, 0.1) is 6.92 Å². The van der Waals surface area contributed by atoms with Crippen LogP contribution in [0.5, 0.6) is 0 Å². The number of likely N-dealkylation sites (N-methyl/N-ethyl adjacent to an activating group) is 1. The molecule has 0 saturated heterocycles. The van der Waals surface area contributed by atoms with Gasteiger partial charge in [0.2, 0.25) is 0 Å². The van der Waals surface area contributed by atoms with Crippen LogP contribution in [0.1, 0.15) is 11.1 Å². The molecule has 94 valence electrons. The lowest BCUT2D eigenvalue weighted by atomic mass is 10.1. The molecule has 2 aromatic carbocycles. The van der Waals surface area contributed by atoms with E-state index in [1.165, 1.54) is 0 Å². The first kappa shape index (κ1) is 11.7. The third-order valence-corrected chi connectivity index (χ3v) is 3.27. The molecule has 0 aromatic heterocycles. The summed E-state index contributed by atoms with van der Waals surface area (Å²) < 4.78 is 0. The highest BCUT2D eigenvalue weighted by atomic mass is 16.2. The lowest BCUT2D eigenvalue weighted by Crippen LogP contribution is -2.25. The number of aryl methyl sites for hydroxylation is 1. The molecule has 3 nitrogen and oxygen atoms in total. The zero-order valence-electron chi connectivity index (χ0n) is 10.9. The molecule has 0 spiro atoms. The number of benzene rings is 2. The monoisotopic (exact) mass is 250 g/mol. The molecule has 1 heterocycles. The Kier molecular flexibility index (Phi) is 2.67. The molecular weight excluding hydrogens is 236 g/mol. The van der Waals surface area contributed by atoms with Crippen LogP contribution in [0.25, 0.3) is 0 Å². The van der Waals surface area contributed by atoms with Gasteiger partial charge >= 0.3 is 0 Å².